The molecule has 2 heterocycles. The molecule has 1 aromatic carbocycles. The molecule has 12 heteroatoms. The number of benzene rings is 1. The maximum absolute atomic E-state index is 13.0. The number of nitrogen functional groups attached to an aromatic ring is 1. The van der Waals surface area contributed by atoms with E-state index in [4.69, 9.17) is 10.5 Å². The van der Waals surface area contributed by atoms with Crippen molar-refractivity contribution >= 4 is 49.8 Å². The van der Waals surface area contributed by atoms with Crippen LogP contribution in [0.3, 0.4) is 0 Å². The van der Waals surface area contributed by atoms with Crippen molar-refractivity contribution in [2.24, 2.45) is 0 Å². The van der Waals surface area contributed by atoms with Gasteiger partial charge in [-0.25, -0.2) is 8.42 Å². The second-order valence-corrected chi connectivity index (χ2v) is 10.7. The summed E-state index contributed by atoms with van der Waals surface area (Å²) in [6, 6.07) is 4.87. The molecule has 1 fully saturated rings. The number of thioether (sulfide) groups is 1. The number of anilines is 2. The number of carbonyl (C=O) groups is 1. The van der Waals surface area contributed by atoms with Gasteiger partial charge < -0.3 is 15.8 Å². The molecule has 0 aliphatic carbocycles. The van der Waals surface area contributed by atoms with Gasteiger partial charge in [-0.05, 0) is 31.5 Å². The Morgan fingerprint density at radius 1 is 1.36 bits per heavy atom. The van der Waals surface area contributed by atoms with Crippen molar-refractivity contribution in [3.8, 4) is 0 Å². The first-order valence-corrected chi connectivity index (χ1v) is 11.7. The number of hydrogen-bond donors (Lipinski definition) is 2. The van der Waals surface area contributed by atoms with Crippen molar-refractivity contribution in [1.29, 1.82) is 0 Å². The summed E-state index contributed by atoms with van der Waals surface area (Å²) in [5.41, 5.74) is 6.59. The zero-order valence-electron chi connectivity index (χ0n) is 15.4. The third kappa shape index (κ3) is 4.81. The summed E-state index contributed by atoms with van der Waals surface area (Å²) >= 11 is 2.45. The van der Waals surface area contributed by atoms with Crippen LogP contribution in [0.5, 0.6) is 0 Å². The third-order valence-electron chi connectivity index (χ3n) is 4.11. The highest BCUT2D eigenvalue weighted by atomic mass is 32.2. The van der Waals surface area contributed by atoms with Gasteiger partial charge in [0.05, 0.1) is 23.4 Å². The van der Waals surface area contributed by atoms with E-state index in [9.17, 15) is 13.2 Å². The summed E-state index contributed by atoms with van der Waals surface area (Å²) in [6.07, 6.45) is 0. The van der Waals surface area contributed by atoms with Crippen LogP contribution in [0, 0.1) is 6.92 Å². The van der Waals surface area contributed by atoms with Gasteiger partial charge in [0.25, 0.3) is 0 Å². The average molecular weight is 444 g/mol. The number of aryl methyl sites for hydroxylation is 1. The van der Waals surface area contributed by atoms with E-state index in [-0.39, 0.29) is 10.8 Å². The molecule has 1 amide bonds. The Labute approximate surface area is 171 Å². The van der Waals surface area contributed by atoms with Gasteiger partial charge in [-0.1, -0.05) is 29.2 Å². The third-order valence-corrected chi connectivity index (χ3v) is 8.09. The number of ether oxygens (including phenoxy) is 1. The minimum Gasteiger partial charge on any atom is -0.379 e. The van der Waals surface area contributed by atoms with Gasteiger partial charge in [0, 0.05) is 18.8 Å². The molecule has 3 rings (SSSR count). The number of rotatable bonds is 6. The van der Waals surface area contributed by atoms with Crippen molar-refractivity contribution < 1.29 is 17.9 Å². The molecule has 0 radical (unpaired) electrons. The topological polar surface area (TPSA) is 128 Å². The van der Waals surface area contributed by atoms with Crippen LogP contribution in [0.2, 0.25) is 0 Å². The van der Waals surface area contributed by atoms with Crippen molar-refractivity contribution in [2.45, 2.75) is 28.3 Å². The van der Waals surface area contributed by atoms with E-state index in [0.29, 0.717) is 47.0 Å². The van der Waals surface area contributed by atoms with Crippen molar-refractivity contribution in [1.82, 2.24) is 14.5 Å². The van der Waals surface area contributed by atoms with E-state index >= 15 is 0 Å². The van der Waals surface area contributed by atoms with E-state index in [1.165, 1.54) is 33.5 Å². The minimum absolute atomic E-state index is 0.185. The number of morpholine rings is 1. The highest BCUT2D eigenvalue weighted by Crippen LogP contribution is 2.29. The maximum atomic E-state index is 13.0. The maximum Gasteiger partial charge on any atom is 0.243 e. The first kappa shape index (κ1) is 21.0. The second kappa shape index (κ2) is 8.74. The summed E-state index contributed by atoms with van der Waals surface area (Å²) in [5.74, 6) is -0.266. The van der Waals surface area contributed by atoms with Crippen LogP contribution >= 0.6 is 23.1 Å². The number of nitrogens with zero attached hydrogens (tertiary/aromatic N) is 3. The van der Waals surface area contributed by atoms with E-state index in [2.05, 4.69) is 15.5 Å². The number of aromatic nitrogens is 2. The van der Waals surface area contributed by atoms with Crippen molar-refractivity contribution in [3.05, 3.63) is 23.8 Å². The molecule has 28 heavy (non-hydrogen) atoms. The van der Waals surface area contributed by atoms with E-state index in [1.807, 2.05) is 0 Å². The Kier molecular flexibility index (Phi) is 6.55. The molecule has 1 unspecified atom stereocenters. The molecule has 0 bridgehead atoms. The summed E-state index contributed by atoms with van der Waals surface area (Å²) in [5, 5.41) is 10.3. The number of sulfonamides is 1. The lowest BCUT2D eigenvalue weighted by atomic mass is 10.2. The van der Waals surface area contributed by atoms with Crippen LogP contribution in [0.4, 0.5) is 10.8 Å². The molecule has 1 aliphatic rings. The van der Waals surface area contributed by atoms with Crippen LogP contribution in [-0.2, 0) is 19.6 Å². The number of amides is 1. The van der Waals surface area contributed by atoms with E-state index < -0.39 is 15.3 Å². The van der Waals surface area contributed by atoms with Crippen molar-refractivity contribution in [3.63, 3.8) is 0 Å². The fraction of sp³-hybridized carbons (Fsp3) is 0.438. The van der Waals surface area contributed by atoms with Crippen LogP contribution in [0.1, 0.15) is 12.5 Å². The predicted octanol–water partition coefficient (Wildman–Crippen LogP) is 1.57. The summed E-state index contributed by atoms with van der Waals surface area (Å²) in [4.78, 5) is 12.7. The van der Waals surface area contributed by atoms with Crippen LogP contribution in [0.25, 0.3) is 0 Å². The standard InChI is InChI=1S/C16H21N5O4S3/c1-10-3-4-12(9-13(10)28(23,24)21-5-7-25-8-6-21)18-14(22)11(2)26-16-20-19-15(17)27-16/h3-4,9,11H,5-8H2,1-2H3,(H2,17,19)(H,18,22). The molecule has 0 saturated carbocycles. The molecule has 2 aromatic rings. The zero-order chi connectivity index (χ0) is 20.3. The van der Waals surface area contributed by atoms with Crippen molar-refractivity contribution in [2.75, 3.05) is 37.4 Å². The average Bonchev–Trinajstić information content (AvgIpc) is 3.08. The molecular formula is C16H21N5O4S3. The van der Waals surface area contributed by atoms with Gasteiger partial charge in [0.2, 0.25) is 21.1 Å². The number of nitrogens with two attached hydrogens (primary N) is 1. The van der Waals surface area contributed by atoms with Gasteiger partial charge >= 0.3 is 0 Å². The highest BCUT2D eigenvalue weighted by molar-refractivity contribution is 8.02. The second-order valence-electron chi connectivity index (χ2n) is 6.15. The Morgan fingerprint density at radius 2 is 2.07 bits per heavy atom. The summed E-state index contributed by atoms with van der Waals surface area (Å²) < 4.78 is 33.1. The molecule has 152 valence electrons. The molecular weight excluding hydrogens is 422 g/mol. The Bertz CT molecular complexity index is 957. The molecule has 9 nitrogen and oxygen atoms in total. The lowest BCUT2D eigenvalue weighted by Gasteiger charge is -2.27. The highest BCUT2D eigenvalue weighted by Gasteiger charge is 2.28. The van der Waals surface area contributed by atoms with Crippen LogP contribution in [-0.4, -0.2) is 60.4 Å². The Balaban J connectivity index is 1.74. The van der Waals surface area contributed by atoms with E-state index in [1.54, 1.807) is 26.0 Å². The molecule has 1 atom stereocenters. The first-order valence-electron chi connectivity index (χ1n) is 8.52. The van der Waals surface area contributed by atoms with Crippen LogP contribution in [0.15, 0.2) is 27.4 Å². The Morgan fingerprint density at radius 3 is 2.71 bits per heavy atom. The zero-order valence-corrected chi connectivity index (χ0v) is 17.9. The first-order chi connectivity index (χ1) is 13.3. The molecule has 1 aromatic heterocycles. The van der Waals surface area contributed by atoms with Gasteiger partial charge in [-0.2, -0.15) is 4.31 Å². The normalized spacial score (nSPS) is 16.6. The predicted molar refractivity (Wildman–Crippen MR) is 109 cm³/mol. The quantitative estimate of drug-likeness (QED) is 0.644. The van der Waals surface area contributed by atoms with Gasteiger partial charge in [-0.15, -0.1) is 10.2 Å². The largest absolute Gasteiger partial charge is 0.379 e. The fourth-order valence-electron chi connectivity index (χ4n) is 2.60. The summed E-state index contributed by atoms with van der Waals surface area (Å²) in [7, 11) is -3.65. The Hall–Kier alpha value is -1.73. The minimum atomic E-state index is -3.65. The van der Waals surface area contributed by atoms with Gasteiger partial charge in [-0.3, -0.25) is 4.79 Å². The van der Waals surface area contributed by atoms with E-state index in [0.717, 1.165) is 0 Å². The summed E-state index contributed by atoms with van der Waals surface area (Å²) in [6.45, 7) is 4.85. The lowest BCUT2D eigenvalue weighted by Crippen LogP contribution is -2.40. The monoisotopic (exact) mass is 443 g/mol. The lowest BCUT2D eigenvalue weighted by molar-refractivity contribution is -0.115. The molecule has 0 spiro atoms. The van der Waals surface area contributed by atoms with Gasteiger partial charge in [0.15, 0.2) is 4.34 Å². The molecule has 1 saturated heterocycles. The smallest absolute Gasteiger partial charge is 0.243 e. The fourth-order valence-corrected chi connectivity index (χ4v) is 6.04. The molecule has 1 aliphatic heterocycles. The number of hydrogen-bond acceptors (Lipinski definition) is 9. The SMILES string of the molecule is Cc1ccc(NC(=O)C(C)Sc2nnc(N)s2)cc1S(=O)(=O)N1CCOCC1. The van der Waals surface area contributed by atoms with Gasteiger partial charge in [0.1, 0.15) is 0 Å². The number of carbonyl (C=O) groups excluding carboxylic acids is 1. The molecule has 3 N–H and O–H groups in total. The number of nitrogens with one attached hydrogen (secondary N) is 1. The van der Waals surface area contributed by atoms with Crippen LogP contribution < -0.4 is 11.1 Å².